The normalized spacial score (nSPS) is 15.5. The number of primary sulfonamides is 1. The summed E-state index contributed by atoms with van der Waals surface area (Å²) in [6.07, 6.45) is 2.31. The van der Waals surface area contributed by atoms with Crippen LogP contribution in [0.1, 0.15) is 35.5 Å². The quantitative estimate of drug-likeness (QED) is 0.915. The lowest BCUT2D eigenvalue weighted by Gasteiger charge is -2.09. The second-order valence-electron chi connectivity index (χ2n) is 5.42. The number of sulfonamides is 1. The zero-order valence-electron chi connectivity index (χ0n) is 12.3. The van der Waals surface area contributed by atoms with Gasteiger partial charge < -0.3 is 0 Å². The number of hydrogen-bond donors (Lipinski definition) is 1. The highest BCUT2D eigenvalue weighted by molar-refractivity contribution is 7.89. The standard InChI is InChI=1S/C15H14F2N2O2S2/c1-8-7-22-15(19-8)11-4-2-3-10(11)9-5-12(16)14(13(17)6-9)23(18,20)21/h5-7H,2-4H2,1H3,(H2,18,20,21). The Bertz CT molecular complexity index is 894. The molecule has 0 fully saturated rings. The highest BCUT2D eigenvalue weighted by Crippen LogP contribution is 2.41. The monoisotopic (exact) mass is 356 g/mol. The Kier molecular flexibility index (Phi) is 4.07. The Hall–Kier alpha value is -1.64. The molecule has 3 rings (SSSR count). The van der Waals surface area contributed by atoms with E-state index < -0.39 is 26.6 Å². The van der Waals surface area contributed by atoms with Crippen LogP contribution < -0.4 is 5.14 Å². The van der Waals surface area contributed by atoms with Crippen LogP contribution in [0, 0.1) is 18.6 Å². The average Bonchev–Trinajstić information content (AvgIpc) is 3.03. The molecule has 1 aliphatic rings. The molecule has 1 heterocycles. The molecule has 2 N–H and O–H groups in total. The lowest BCUT2D eigenvalue weighted by Crippen LogP contribution is -2.16. The van der Waals surface area contributed by atoms with E-state index in [1.165, 1.54) is 11.3 Å². The number of aryl methyl sites for hydroxylation is 1. The Morgan fingerprint density at radius 3 is 2.30 bits per heavy atom. The number of thiazole rings is 1. The second kappa shape index (κ2) is 5.77. The van der Waals surface area contributed by atoms with Crippen molar-refractivity contribution in [2.75, 3.05) is 0 Å². The van der Waals surface area contributed by atoms with E-state index in [-0.39, 0.29) is 0 Å². The van der Waals surface area contributed by atoms with Crippen molar-refractivity contribution >= 4 is 32.5 Å². The number of halogens is 2. The molecular formula is C15H14F2N2O2S2. The van der Waals surface area contributed by atoms with Crippen LogP contribution in [0.2, 0.25) is 0 Å². The van der Waals surface area contributed by atoms with Gasteiger partial charge in [-0.1, -0.05) is 0 Å². The molecule has 1 aliphatic carbocycles. The van der Waals surface area contributed by atoms with Gasteiger partial charge in [-0.3, -0.25) is 0 Å². The molecule has 0 aliphatic heterocycles. The molecule has 0 atom stereocenters. The molecule has 0 unspecified atom stereocenters. The number of benzene rings is 1. The van der Waals surface area contributed by atoms with Gasteiger partial charge in [-0.15, -0.1) is 11.3 Å². The Morgan fingerprint density at radius 1 is 1.17 bits per heavy atom. The van der Waals surface area contributed by atoms with Crippen molar-refractivity contribution in [3.8, 4) is 0 Å². The van der Waals surface area contributed by atoms with E-state index >= 15 is 0 Å². The van der Waals surface area contributed by atoms with Gasteiger partial charge in [-0.25, -0.2) is 27.3 Å². The topological polar surface area (TPSA) is 73.1 Å². The molecule has 2 aromatic rings. The third kappa shape index (κ3) is 3.06. The molecule has 0 saturated heterocycles. The third-order valence-electron chi connectivity index (χ3n) is 3.73. The maximum atomic E-state index is 14.1. The first kappa shape index (κ1) is 16.2. The lowest BCUT2D eigenvalue weighted by molar-refractivity contribution is 0.519. The summed E-state index contributed by atoms with van der Waals surface area (Å²) in [4.78, 5) is 3.34. The van der Waals surface area contributed by atoms with Crippen molar-refractivity contribution in [2.45, 2.75) is 31.1 Å². The summed E-state index contributed by atoms with van der Waals surface area (Å²) in [6.45, 7) is 1.88. The first-order valence-corrected chi connectivity index (χ1v) is 9.36. The van der Waals surface area contributed by atoms with Crippen LogP contribution in [0.15, 0.2) is 22.4 Å². The molecule has 1 aromatic heterocycles. The number of rotatable bonds is 3. The fraction of sp³-hybridized carbons (Fsp3) is 0.267. The van der Waals surface area contributed by atoms with Crippen molar-refractivity contribution in [3.05, 3.63) is 45.4 Å². The number of nitrogens with zero attached hydrogens (tertiary/aromatic N) is 1. The Balaban J connectivity index is 2.15. The molecule has 8 heteroatoms. The van der Waals surface area contributed by atoms with E-state index in [1.54, 1.807) is 0 Å². The van der Waals surface area contributed by atoms with Gasteiger partial charge in [0.2, 0.25) is 10.0 Å². The van der Waals surface area contributed by atoms with Crippen LogP contribution in [-0.4, -0.2) is 13.4 Å². The van der Waals surface area contributed by atoms with Crippen LogP contribution in [0.5, 0.6) is 0 Å². The number of nitrogens with two attached hydrogens (primary N) is 1. The fourth-order valence-corrected chi connectivity index (χ4v) is 4.36. The highest BCUT2D eigenvalue weighted by Gasteiger charge is 2.25. The minimum atomic E-state index is -4.44. The van der Waals surface area contributed by atoms with E-state index in [0.29, 0.717) is 12.0 Å². The predicted molar refractivity (Wildman–Crippen MR) is 85.2 cm³/mol. The Labute approximate surface area is 136 Å². The Morgan fingerprint density at radius 2 is 1.78 bits per heavy atom. The van der Waals surface area contributed by atoms with Crippen LogP contribution in [-0.2, 0) is 10.0 Å². The summed E-state index contributed by atoms with van der Waals surface area (Å²) in [5, 5.41) is 7.61. The first-order valence-electron chi connectivity index (χ1n) is 6.94. The minimum Gasteiger partial charge on any atom is -0.242 e. The highest BCUT2D eigenvalue weighted by atomic mass is 32.2. The molecule has 0 radical (unpaired) electrons. The van der Waals surface area contributed by atoms with Gasteiger partial charge in [0.15, 0.2) is 4.90 Å². The lowest BCUT2D eigenvalue weighted by atomic mass is 10.0. The maximum absolute atomic E-state index is 14.1. The van der Waals surface area contributed by atoms with Crippen molar-refractivity contribution < 1.29 is 17.2 Å². The van der Waals surface area contributed by atoms with Gasteiger partial charge in [-0.05, 0) is 55.0 Å². The van der Waals surface area contributed by atoms with Crippen molar-refractivity contribution in [1.82, 2.24) is 4.98 Å². The SMILES string of the molecule is Cc1csc(C2=C(c3cc(F)c(S(N)(=O)=O)c(F)c3)CCC2)n1. The first-order chi connectivity index (χ1) is 10.8. The number of aromatic nitrogens is 1. The van der Waals surface area contributed by atoms with E-state index in [4.69, 9.17) is 5.14 Å². The summed E-state index contributed by atoms with van der Waals surface area (Å²) in [5.74, 6) is -2.34. The molecule has 0 saturated carbocycles. The molecule has 4 nitrogen and oxygen atoms in total. The molecule has 1 aromatic carbocycles. The zero-order valence-corrected chi connectivity index (χ0v) is 13.9. The van der Waals surface area contributed by atoms with Crippen molar-refractivity contribution in [1.29, 1.82) is 0 Å². The van der Waals surface area contributed by atoms with Crippen molar-refractivity contribution in [3.63, 3.8) is 0 Å². The second-order valence-corrected chi connectivity index (χ2v) is 7.78. The van der Waals surface area contributed by atoms with Gasteiger partial charge in [-0.2, -0.15) is 0 Å². The largest absolute Gasteiger partial charge is 0.243 e. The van der Waals surface area contributed by atoms with Crippen LogP contribution in [0.3, 0.4) is 0 Å². The van der Waals surface area contributed by atoms with Crippen LogP contribution in [0.25, 0.3) is 11.1 Å². The summed E-state index contributed by atoms with van der Waals surface area (Å²) in [5.41, 5.74) is 3.00. The summed E-state index contributed by atoms with van der Waals surface area (Å²) in [6, 6.07) is 2.06. The van der Waals surface area contributed by atoms with Gasteiger partial charge >= 0.3 is 0 Å². The maximum Gasteiger partial charge on any atom is 0.243 e. The van der Waals surface area contributed by atoms with Crippen LogP contribution >= 0.6 is 11.3 Å². The van der Waals surface area contributed by atoms with E-state index in [0.717, 1.165) is 46.8 Å². The summed E-state index contributed by atoms with van der Waals surface area (Å²) >= 11 is 1.49. The molecule has 0 bridgehead atoms. The van der Waals surface area contributed by atoms with Gasteiger partial charge in [0.25, 0.3) is 0 Å². The number of hydrogen-bond acceptors (Lipinski definition) is 4. The predicted octanol–water partition coefficient (Wildman–Crippen LogP) is 3.47. The zero-order chi connectivity index (χ0) is 16.8. The van der Waals surface area contributed by atoms with Gasteiger partial charge in [0.05, 0.1) is 0 Å². The minimum absolute atomic E-state index is 0.341. The summed E-state index contributed by atoms with van der Waals surface area (Å²) in [7, 11) is -4.44. The van der Waals surface area contributed by atoms with E-state index in [1.807, 2.05) is 12.3 Å². The van der Waals surface area contributed by atoms with Gasteiger partial charge in [0.1, 0.15) is 16.6 Å². The molecule has 122 valence electrons. The van der Waals surface area contributed by atoms with Crippen LogP contribution in [0.4, 0.5) is 8.78 Å². The summed E-state index contributed by atoms with van der Waals surface area (Å²) < 4.78 is 50.7. The fourth-order valence-electron chi connectivity index (χ4n) is 2.80. The van der Waals surface area contributed by atoms with E-state index in [2.05, 4.69) is 4.98 Å². The van der Waals surface area contributed by atoms with Crippen molar-refractivity contribution in [2.24, 2.45) is 5.14 Å². The average molecular weight is 356 g/mol. The third-order valence-corrected chi connectivity index (χ3v) is 5.71. The van der Waals surface area contributed by atoms with E-state index in [9.17, 15) is 17.2 Å². The molecular weight excluding hydrogens is 342 g/mol. The molecule has 0 spiro atoms. The smallest absolute Gasteiger partial charge is 0.242 e. The molecule has 0 amide bonds. The number of allylic oxidation sites excluding steroid dienone is 2. The van der Waals surface area contributed by atoms with Gasteiger partial charge in [0, 0.05) is 11.1 Å². The molecule has 23 heavy (non-hydrogen) atoms.